The number of nitrogens with two attached hydrogens (primary N) is 1. The van der Waals surface area contributed by atoms with Gasteiger partial charge in [0.1, 0.15) is 5.76 Å². The number of amides is 1. The zero-order valence-corrected chi connectivity index (χ0v) is 13.3. The van der Waals surface area contributed by atoms with E-state index >= 15 is 0 Å². The third-order valence-electron chi connectivity index (χ3n) is 4.28. The van der Waals surface area contributed by atoms with Crippen LogP contribution in [0.4, 0.5) is 13.2 Å². The van der Waals surface area contributed by atoms with Gasteiger partial charge >= 0.3 is 6.18 Å². The van der Waals surface area contributed by atoms with Crippen LogP contribution in [-0.4, -0.2) is 10.5 Å². The fourth-order valence-corrected chi connectivity index (χ4v) is 3.15. The summed E-state index contributed by atoms with van der Waals surface area (Å²) >= 11 is 0. The first-order chi connectivity index (χ1) is 12.4. The highest BCUT2D eigenvalue weighted by atomic mass is 19.4. The van der Waals surface area contributed by atoms with Gasteiger partial charge in [-0.15, -0.1) is 0 Å². The molecule has 0 saturated heterocycles. The lowest BCUT2D eigenvalue weighted by molar-refractivity contribution is -0.137. The van der Waals surface area contributed by atoms with Crippen LogP contribution in [-0.2, 0) is 12.7 Å². The molecule has 7 heteroatoms. The van der Waals surface area contributed by atoms with Gasteiger partial charge in [0, 0.05) is 16.3 Å². The minimum absolute atomic E-state index is 0.213. The van der Waals surface area contributed by atoms with Crippen LogP contribution < -0.4 is 5.73 Å². The van der Waals surface area contributed by atoms with Crippen molar-refractivity contribution in [3.8, 4) is 0 Å². The Balaban J connectivity index is 2.09. The van der Waals surface area contributed by atoms with E-state index in [9.17, 15) is 18.0 Å². The first-order valence-electron chi connectivity index (χ1n) is 7.72. The molecule has 2 N–H and O–H groups in total. The lowest BCUT2D eigenvalue weighted by Crippen LogP contribution is -2.11. The van der Waals surface area contributed by atoms with Gasteiger partial charge in [0.15, 0.2) is 0 Å². The highest BCUT2D eigenvalue weighted by Gasteiger charge is 2.31. The van der Waals surface area contributed by atoms with E-state index in [1.54, 1.807) is 34.9 Å². The molecule has 0 fully saturated rings. The Labute approximate surface area is 145 Å². The molecule has 2 heterocycles. The number of nitrogens with zero attached hydrogens (tertiary/aromatic N) is 1. The molecule has 2 aromatic heterocycles. The fourth-order valence-electron chi connectivity index (χ4n) is 3.15. The SMILES string of the molecule is NC(=O)c1cccc2c1c1[c]cc(C(F)(F)F)cc1n2Cc1ccco1. The fraction of sp³-hybridized carbons (Fsp3) is 0.105. The van der Waals surface area contributed by atoms with Crippen LogP contribution in [0, 0.1) is 6.07 Å². The van der Waals surface area contributed by atoms with Crippen molar-refractivity contribution in [1.82, 2.24) is 4.57 Å². The normalized spacial score (nSPS) is 12.1. The number of hydrogen-bond donors (Lipinski definition) is 1. The standard InChI is InChI=1S/C19H12F3N2O2/c20-19(21,22)11-6-7-13-16(9-11)24(10-12-3-2-8-26-12)15-5-1-4-14(17(13)15)18(23)25/h1-6,8-9H,10H2,(H2,23,25). The first-order valence-corrected chi connectivity index (χ1v) is 7.72. The number of carbonyl (C=O) groups excluding carboxylic acids is 1. The summed E-state index contributed by atoms with van der Waals surface area (Å²) in [5.74, 6) is -0.0772. The minimum atomic E-state index is -4.50. The van der Waals surface area contributed by atoms with Gasteiger partial charge in [-0.3, -0.25) is 4.79 Å². The number of carbonyl (C=O) groups is 1. The van der Waals surface area contributed by atoms with Crippen LogP contribution in [0.5, 0.6) is 0 Å². The summed E-state index contributed by atoms with van der Waals surface area (Å²) in [5.41, 5.74) is 5.77. The quantitative estimate of drug-likeness (QED) is 0.592. The Bertz CT molecular complexity index is 1130. The first kappa shape index (κ1) is 16.3. The molecule has 0 unspecified atom stereocenters. The predicted molar refractivity (Wildman–Crippen MR) is 89.6 cm³/mol. The van der Waals surface area contributed by atoms with Crippen molar-refractivity contribution in [3.05, 3.63) is 71.7 Å². The number of hydrogen-bond acceptors (Lipinski definition) is 2. The van der Waals surface area contributed by atoms with E-state index in [0.717, 1.165) is 12.1 Å². The number of halogens is 3. The van der Waals surface area contributed by atoms with Gasteiger partial charge in [-0.05, 0) is 42.5 Å². The number of aromatic nitrogens is 1. The van der Waals surface area contributed by atoms with Gasteiger partial charge < -0.3 is 14.7 Å². The molecule has 26 heavy (non-hydrogen) atoms. The Kier molecular flexibility index (Phi) is 3.54. The van der Waals surface area contributed by atoms with E-state index in [1.807, 2.05) is 0 Å². The summed E-state index contributed by atoms with van der Waals surface area (Å²) in [6.07, 6.45) is -3.01. The Hall–Kier alpha value is -3.22. The zero-order valence-electron chi connectivity index (χ0n) is 13.3. The number of rotatable bonds is 3. The van der Waals surface area contributed by atoms with Gasteiger partial charge in [0.25, 0.3) is 0 Å². The molecule has 1 radical (unpaired) electrons. The third kappa shape index (κ3) is 2.52. The van der Waals surface area contributed by atoms with Crippen molar-refractivity contribution >= 4 is 27.7 Å². The molecular weight excluding hydrogens is 345 g/mol. The van der Waals surface area contributed by atoms with E-state index in [0.29, 0.717) is 27.6 Å². The molecule has 4 rings (SSSR count). The molecule has 1 amide bonds. The monoisotopic (exact) mass is 357 g/mol. The molecule has 0 bridgehead atoms. The van der Waals surface area contributed by atoms with Gasteiger partial charge in [-0.2, -0.15) is 13.2 Å². The van der Waals surface area contributed by atoms with Crippen LogP contribution in [0.1, 0.15) is 21.7 Å². The van der Waals surface area contributed by atoms with Crippen LogP contribution in [0.25, 0.3) is 21.8 Å². The van der Waals surface area contributed by atoms with Crippen molar-refractivity contribution < 1.29 is 22.4 Å². The van der Waals surface area contributed by atoms with Gasteiger partial charge in [-0.1, -0.05) is 6.07 Å². The molecule has 4 aromatic rings. The third-order valence-corrected chi connectivity index (χ3v) is 4.28. The summed E-state index contributed by atoms with van der Waals surface area (Å²) in [4.78, 5) is 11.8. The lowest BCUT2D eigenvalue weighted by atomic mass is 10.0. The van der Waals surface area contributed by atoms with Crippen molar-refractivity contribution in [3.63, 3.8) is 0 Å². The van der Waals surface area contributed by atoms with Crippen LogP contribution in [0.2, 0.25) is 0 Å². The highest BCUT2D eigenvalue weighted by molar-refractivity contribution is 6.17. The summed E-state index contributed by atoms with van der Waals surface area (Å²) in [6, 6.07) is 13.0. The second-order valence-electron chi connectivity index (χ2n) is 5.88. The van der Waals surface area contributed by atoms with Crippen LogP contribution in [0.15, 0.2) is 53.1 Å². The Morgan fingerprint density at radius 3 is 2.65 bits per heavy atom. The van der Waals surface area contributed by atoms with Crippen molar-refractivity contribution in [2.45, 2.75) is 12.7 Å². The van der Waals surface area contributed by atoms with Crippen LogP contribution in [0.3, 0.4) is 0 Å². The van der Waals surface area contributed by atoms with E-state index < -0.39 is 17.6 Å². The second-order valence-corrected chi connectivity index (χ2v) is 5.88. The molecule has 131 valence electrons. The maximum absolute atomic E-state index is 13.2. The van der Waals surface area contributed by atoms with E-state index in [-0.39, 0.29) is 12.1 Å². The van der Waals surface area contributed by atoms with E-state index in [2.05, 4.69) is 6.07 Å². The highest BCUT2D eigenvalue weighted by Crippen LogP contribution is 2.36. The zero-order chi connectivity index (χ0) is 18.5. The molecule has 2 aromatic carbocycles. The van der Waals surface area contributed by atoms with E-state index in [1.165, 1.54) is 6.26 Å². The molecule has 0 aliphatic rings. The largest absolute Gasteiger partial charge is 0.467 e. The van der Waals surface area contributed by atoms with Crippen molar-refractivity contribution in [2.75, 3.05) is 0 Å². The predicted octanol–water partition coefficient (Wildman–Crippen LogP) is 4.35. The number of benzene rings is 2. The lowest BCUT2D eigenvalue weighted by Gasteiger charge is -2.09. The van der Waals surface area contributed by atoms with Gasteiger partial charge in [0.05, 0.1) is 29.4 Å². The molecule has 0 atom stereocenters. The van der Waals surface area contributed by atoms with Gasteiger partial charge in [-0.25, -0.2) is 0 Å². The molecular formula is C19H12F3N2O2. The topological polar surface area (TPSA) is 61.2 Å². The number of primary amides is 1. The average molecular weight is 357 g/mol. The molecule has 0 aliphatic carbocycles. The summed E-state index contributed by atoms with van der Waals surface area (Å²) < 4.78 is 46.5. The van der Waals surface area contributed by atoms with Crippen LogP contribution >= 0.6 is 0 Å². The maximum atomic E-state index is 13.2. The minimum Gasteiger partial charge on any atom is -0.467 e. The van der Waals surface area contributed by atoms with Crippen molar-refractivity contribution in [2.24, 2.45) is 5.73 Å². The number of fused-ring (bicyclic) bond motifs is 3. The average Bonchev–Trinajstić information content (AvgIpc) is 3.21. The summed E-state index contributed by atoms with van der Waals surface area (Å²) in [5, 5.41) is 0.893. The Morgan fingerprint density at radius 2 is 2.00 bits per heavy atom. The molecule has 0 saturated carbocycles. The Morgan fingerprint density at radius 1 is 1.19 bits per heavy atom. The maximum Gasteiger partial charge on any atom is 0.416 e. The van der Waals surface area contributed by atoms with E-state index in [4.69, 9.17) is 10.2 Å². The second kappa shape index (κ2) is 5.66. The van der Waals surface area contributed by atoms with Crippen molar-refractivity contribution in [1.29, 1.82) is 0 Å². The molecule has 0 spiro atoms. The molecule has 4 nitrogen and oxygen atoms in total. The van der Waals surface area contributed by atoms with Gasteiger partial charge in [0.2, 0.25) is 5.91 Å². The smallest absolute Gasteiger partial charge is 0.416 e. The number of furan rings is 1. The summed E-state index contributed by atoms with van der Waals surface area (Å²) in [7, 11) is 0. The molecule has 0 aliphatic heterocycles. The summed E-state index contributed by atoms with van der Waals surface area (Å²) in [6.45, 7) is 0.213. The number of alkyl halides is 3.